The van der Waals surface area contributed by atoms with Crippen LogP contribution in [0.4, 0.5) is 5.69 Å². The van der Waals surface area contributed by atoms with Gasteiger partial charge in [-0.05, 0) is 37.6 Å². The van der Waals surface area contributed by atoms with Gasteiger partial charge in [-0.15, -0.1) is 0 Å². The summed E-state index contributed by atoms with van der Waals surface area (Å²) < 4.78 is 4.86. The molecule has 1 heterocycles. The van der Waals surface area contributed by atoms with E-state index in [4.69, 9.17) is 9.63 Å². The van der Waals surface area contributed by atoms with Crippen molar-refractivity contribution in [2.24, 2.45) is 0 Å². The summed E-state index contributed by atoms with van der Waals surface area (Å²) in [4.78, 5) is 12.0. The number of aryl methyl sites for hydroxylation is 2. The first kappa shape index (κ1) is 13.8. The highest BCUT2D eigenvalue weighted by molar-refractivity contribution is 6.04. The summed E-state index contributed by atoms with van der Waals surface area (Å²) in [7, 11) is 0. The van der Waals surface area contributed by atoms with Gasteiger partial charge in [0.1, 0.15) is 17.9 Å². The molecule has 0 aliphatic heterocycles. The molecule has 0 saturated carbocycles. The molecule has 5 nitrogen and oxygen atoms in total. The molecule has 20 heavy (non-hydrogen) atoms. The molecule has 0 radical (unpaired) electrons. The third-order valence-corrected chi connectivity index (χ3v) is 2.64. The molecule has 2 aromatic rings. The predicted octanol–water partition coefficient (Wildman–Crippen LogP) is 1.89. The van der Waals surface area contributed by atoms with Gasteiger partial charge in [0.05, 0.1) is 6.20 Å². The van der Waals surface area contributed by atoms with E-state index in [0.29, 0.717) is 17.0 Å². The fourth-order valence-electron chi connectivity index (χ4n) is 1.78. The minimum atomic E-state index is -0.282. The number of carbonyl (C=O) groups is 1. The lowest BCUT2D eigenvalue weighted by Crippen LogP contribution is -2.12. The minimum Gasteiger partial charge on any atom is -0.384 e. The van der Waals surface area contributed by atoms with E-state index in [2.05, 4.69) is 22.3 Å². The third kappa shape index (κ3) is 3.25. The Labute approximate surface area is 116 Å². The van der Waals surface area contributed by atoms with Crippen LogP contribution in [0.15, 0.2) is 28.9 Å². The maximum absolute atomic E-state index is 12.0. The number of hydrogen-bond donors (Lipinski definition) is 2. The Hall–Kier alpha value is -2.58. The van der Waals surface area contributed by atoms with Crippen LogP contribution < -0.4 is 5.32 Å². The molecule has 0 saturated heterocycles. The summed E-state index contributed by atoms with van der Waals surface area (Å²) in [6.07, 6.45) is 1.38. The van der Waals surface area contributed by atoms with Gasteiger partial charge < -0.3 is 14.9 Å². The van der Waals surface area contributed by atoms with Crippen LogP contribution in [-0.4, -0.2) is 22.8 Å². The molecule has 0 spiro atoms. The van der Waals surface area contributed by atoms with Crippen molar-refractivity contribution in [3.05, 3.63) is 46.8 Å². The summed E-state index contributed by atoms with van der Waals surface area (Å²) >= 11 is 0. The molecule has 1 aromatic carbocycles. The van der Waals surface area contributed by atoms with E-state index in [1.165, 1.54) is 6.20 Å². The Kier molecular flexibility index (Phi) is 4.18. The number of hydrogen-bond acceptors (Lipinski definition) is 4. The Morgan fingerprint density at radius 1 is 1.40 bits per heavy atom. The van der Waals surface area contributed by atoms with Crippen LogP contribution in [0.3, 0.4) is 0 Å². The standard InChI is InChI=1S/C15H14N2O3/c1-10-6-12(4-3-5-18)8-13(7-10)17-15(19)14-9-16-20-11(14)2/h6-9,18H,5H2,1-2H3,(H,17,19). The van der Waals surface area contributed by atoms with Crippen molar-refractivity contribution in [3.8, 4) is 11.8 Å². The molecule has 0 aliphatic carbocycles. The van der Waals surface area contributed by atoms with Crippen LogP contribution in [0.1, 0.15) is 27.2 Å². The van der Waals surface area contributed by atoms with Crippen LogP contribution in [0.2, 0.25) is 0 Å². The number of nitrogens with zero attached hydrogens (tertiary/aromatic N) is 1. The van der Waals surface area contributed by atoms with Gasteiger partial charge in [0.25, 0.3) is 5.91 Å². The summed E-state index contributed by atoms with van der Waals surface area (Å²) in [5.74, 6) is 5.58. The molecular weight excluding hydrogens is 256 g/mol. The smallest absolute Gasteiger partial charge is 0.260 e. The van der Waals surface area contributed by atoms with E-state index in [0.717, 1.165) is 11.1 Å². The van der Waals surface area contributed by atoms with Crippen LogP contribution in [-0.2, 0) is 0 Å². The lowest BCUT2D eigenvalue weighted by molar-refractivity contribution is 0.102. The Bertz CT molecular complexity index is 693. The van der Waals surface area contributed by atoms with Gasteiger partial charge in [-0.2, -0.15) is 0 Å². The Morgan fingerprint density at radius 3 is 2.85 bits per heavy atom. The number of anilines is 1. The number of carbonyl (C=O) groups excluding carboxylic acids is 1. The topological polar surface area (TPSA) is 75.4 Å². The average molecular weight is 270 g/mol. The second kappa shape index (κ2) is 6.04. The van der Waals surface area contributed by atoms with E-state index < -0.39 is 0 Å². The minimum absolute atomic E-state index is 0.199. The lowest BCUT2D eigenvalue weighted by Gasteiger charge is -2.06. The maximum Gasteiger partial charge on any atom is 0.260 e. The zero-order valence-corrected chi connectivity index (χ0v) is 11.2. The van der Waals surface area contributed by atoms with E-state index in [1.54, 1.807) is 13.0 Å². The Morgan fingerprint density at radius 2 is 2.20 bits per heavy atom. The van der Waals surface area contributed by atoms with Crippen molar-refractivity contribution in [2.45, 2.75) is 13.8 Å². The zero-order chi connectivity index (χ0) is 14.5. The first-order valence-corrected chi connectivity index (χ1v) is 6.04. The van der Waals surface area contributed by atoms with Gasteiger partial charge >= 0.3 is 0 Å². The fourth-order valence-corrected chi connectivity index (χ4v) is 1.78. The average Bonchev–Trinajstić information content (AvgIpc) is 2.82. The van der Waals surface area contributed by atoms with Gasteiger partial charge in [0.2, 0.25) is 0 Å². The summed E-state index contributed by atoms with van der Waals surface area (Å²) in [6, 6.07) is 5.46. The number of aliphatic hydroxyl groups excluding tert-OH is 1. The molecule has 0 bridgehead atoms. The van der Waals surface area contributed by atoms with Crippen molar-refractivity contribution in [1.82, 2.24) is 5.16 Å². The van der Waals surface area contributed by atoms with Crippen molar-refractivity contribution in [1.29, 1.82) is 0 Å². The third-order valence-electron chi connectivity index (χ3n) is 2.64. The first-order valence-electron chi connectivity index (χ1n) is 6.04. The molecule has 1 aromatic heterocycles. The lowest BCUT2D eigenvalue weighted by atomic mass is 10.1. The molecule has 5 heteroatoms. The zero-order valence-electron chi connectivity index (χ0n) is 11.2. The van der Waals surface area contributed by atoms with Crippen LogP contribution in [0.5, 0.6) is 0 Å². The summed E-state index contributed by atoms with van der Waals surface area (Å²) in [5.41, 5.74) is 2.73. The normalized spacial score (nSPS) is 9.75. The quantitative estimate of drug-likeness (QED) is 0.817. The van der Waals surface area contributed by atoms with Crippen LogP contribution in [0, 0.1) is 25.7 Å². The predicted molar refractivity (Wildman–Crippen MR) is 74.3 cm³/mol. The maximum atomic E-state index is 12.0. The number of aromatic nitrogens is 1. The van der Waals surface area contributed by atoms with Gasteiger partial charge in [-0.25, -0.2) is 0 Å². The number of aliphatic hydroxyl groups is 1. The van der Waals surface area contributed by atoms with Crippen LogP contribution >= 0.6 is 0 Å². The van der Waals surface area contributed by atoms with Crippen molar-refractivity contribution < 1.29 is 14.4 Å². The molecule has 102 valence electrons. The van der Waals surface area contributed by atoms with E-state index in [9.17, 15) is 4.79 Å². The van der Waals surface area contributed by atoms with Gasteiger partial charge in [-0.3, -0.25) is 4.79 Å². The SMILES string of the molecule is Cc1cc(C#CCO)cc(NC(=O)c2cnoc2C)c1. The molecule has 0 atom stereocenters. The highest BCUT2D eigenvalue weighted by atomic mass is 16.5. The molecule has 2 rings (SSSR count). The number of benzene rings is 1. The largest absolute Gasteiger partial charge is 0.384 e. The number of amides is 1. The van der Waals surface area contributed by atoms with E-state index in [-0.39, 0.29) is 12.5 Å². The molecule has 0 unspecified atom stereocenters. The molecule has 2 N–H and O–H groups in total. The fraction of sp³-hybridized carbons (Fsp3) is 0.200. The van der Waals surface area contributed by atoms with Crippen molar-refractivity contribution in [3.63, 3.8) is 0 Å². The van der Waals surface area contributed by atoms with E-state index >= 15 is 0 Å². The second-order valence-electron chi connectivity index (χ2n) is 4.30. The van der Waals surface area contributed by atoms with Gasteiger partial charge in [0.15, 0.2) is 0 Å². The van der Waals surface area contributed by atoms with Crippen LogP contribution in [0.25, 0.3) is 0 Å². The highest BCUT2D eigenvalue weighted by Crippen LogP contribution is 2.16. The Balaban J connectivity index is 2.23. The summed E-state index contributed by atoms with van der Waals surface area (Å²) in [6.45, 7) is 3.39. The van der Waals surface area contributed by atoms with Crippen molar-refractivity contribution in [2.75, 3.05) is 11.9 Å². The molecular formula is C15H14N2O3. The molecule has 0 fully saturated rings. The van der Waals surface area contributed by atoms with Crippen molar-refractivity contribution >= 4 is 11.6 Å². The van der Waals surface area contributed by atoms with E-state index in [1.807, 2.05) is 19.1 Å². The monoisotopic (exact) mass is 270 g/mol. The molecule has 0 aliphatic rings. The first-order chi connectivity index (χ1) is 9.60. The molecule has 1 amide bonds. The van der Waals surface area contributed by atoms with Gasteiger partial charge in [0, 0.05) is 11.3 Å². The number of nitrogens with one attached hydrogen (secondary N) is 1. The van der Waals surface area contributed by atoms with Gasteiger partial charge in [-0.1, -0.05) is 17.0 Å². The summed E-state index contributed by atoms with van der Waals surface area (Å²) in [5, 5.41) is 15.1. The second-order valence-corrected chi connectivity index (χ2v) is 4.30. The highest BCUT2D eigenvalue weighted by Gasteiger charge is 2.13. The number of rotatable bonds is 2.